The van der Waals surface area contributed by atoms with Crippen LogP contribution in [0.4, 0.5) is 5.95 Å². The van der Waals surface area contributed by atoms with Gasteiger partial charge in [0.05, 0.1) is 29.4 Å². The molecule has 11 heteroatoms. The van der Waals surface area contributed by atoms with E-state index in [0.717, 1.165) is 10.4 Å². The summed E-state index contributed by atoms with van der Waals surface area (Å²) in [6.07, 6.45) is 0.161. The van der Waals surface area contributed by atoms with Crippen molar-refractivity contribution in [2.75, 3.05) is 7.11 Å². The molecule has 0 fully saturated rings. The number of rotatable bonds is 7. The molecule has 11 nitrogen and oxygen atoms in total. The Hall–Kier alpha value is -3.37. The van der Waals surface area contributed by atoms with Gasteiger partial charge in [0.25, 0.3) is 0 Å². The summed E-state index contributed by atoms with van der Waals surface area (Å²) in [4.78, 5) is 22.6. The third-order valence-electron chi connectivity index (χ3n) is 2.87. The summed E-state index contributed by atoms with van der Waals surface area (Å²) in [5.74, 6) is -0.175. The summed E-state index contributed by atoms with van der Waals surface area (Å²) < 4.78 is 5.04. The summed E-state index contributed by atoms with van der Waals surface area (Å²) >= 11 is 0. The number of aromatic nitrogens is 4. The first-order valence-electron chi connectivity index (χ1n) is 6.85. The fourth-order valence-corrected chi connectivity index (χ4v) is 1.74. The van der Waals surface area contributed by atoms with E-state index in [1.165, 1.54) is 0 Å². The number of nitrogens with zero attached hydrogens (tertiary/aromatic N) is 6. The second-order valence-corrected chi connectivity index (χ2v) is 4.78. The molecule has 1 aromatic carbocycles. The van der Waals surface area contributed by atoms with E-state index in [0.29, 0.717) is 11.5 Å². The Morgan fingerprint density at radius 1 is 1.42 bits per heavy atom. The number of carbonyl (C=O) groups excluding carboxylic acids is 1. The van der Waals surface area contributed by atoms with E-state index in [2.05, 4.69) is 25.9 Å². The highest BCUT2D eigenvalue weighted by Gasteiger charge is 2.15. The molecular weight excluding hydrogens is 318 g/mol. The number of benzene rings is 1. The minimum Gasteiger partial charge on any atom is -0.497 e. The molecule has 0 spiro atoms. The standard InChI is InChI=1S/C13H15N7O4/c1-9(8-19-17-13(16-18-19)20(22)23)14-15-12(21)7-10-3-5-11(24-2)6-4-10/h3-6H,7-8H2,1-2H3,(H,15,21). The van der Waals surface area contributed by atoms with Crippen molar-refractivity contribution in [2.24, 2.45) is 5.10 Å². The fraction of sp³-hybridized carbons (Fsp3) is 0.308. The van der Waals surface area contributed by atoms with Gasteiger partial charge in [-0.2, -0.15) is 5.10 Å². The van der Waals surface area contributed by atoms with Crippen molar-refractivity contribution < 1.29 is 14.5 Å². The lowest BCUT2D eigenvalue weighted by molar-refractivity contribution is -0.394. The summed E-state index contributed by atoms with van der Waals surface area (Å²) in [6.45, 7) is 1.70. The van der Waals surface area contributed by atoms with Gasteiger partial charge in [0.1, 0.15) is 12.3 Å². The van der Waals surface area contributed by atoms with E-state index in [9.17, 15) is 14.9 Å². The number of amides is 1. The van der Waals surface area contributed by atoms with E-state index in [1.807, 2.05) is 0 Å². The second kappa shape index (κ2) is 7.76. The van der Waals surface area contributed by atoms with Crippen molar-refractivity contribution in [1.82, 2.24) is 25.6 Å². The van der Waals surface area contributed by atoms with E-state index in [-0.39, 0.29) is 18.9 Å². The van der Waals surface area contributed by atoms with Gasteiger partial charge in [-0.3, -0.25) is 4.79 Å². The lowest BCUT2D eigenvalue weighted by Gasteiger charge is -2.03. The Morgan fingerprint density at radius 3 is 2.71 bits per heavy atom. The largest absolute Gasteiger partial charge is 0.514 e. The van der Waals surface area contributed by atoms with Crippen LogP contribution in [0.2, 0.25) is 0 Å². The van der Waals surface area contributed by atoms with E-state index in [4.69, 9.17) is 4.74 Å². The number of tetrazole rings is 1. The molecule has 1 aromatic heterocycles. The van der Waals surface area contributed by atoms with Crippen molar-refractivity contribution in [3.05, 3.63) is 39.9 Å². The molecule has 24 heavy (non-hydrogen) atoms. The van der Waals surface area contributed by atoms with Gasteiger partial charge in [0, 0.05) is 5.21 Å². The van der Waals surface area contributed by atoms with Crippen LogP contribution in [0.25, 0.3) is 0 Å². The molecule has 0 aliphatic carbocycles. The van der Waals surface area contributed by atoms with Crippen molar-refractivity contribution in [3.8, 4) is 5.75 Å². The van der Waals surface area contributed by atoms with Gasteiger partial charge in [-0.05, 0) is 29.5 Å². The van der Waals surface area contributed by atoms with Crippen LogP contribution < -0.4 is 10.2 Å². The third-order valence-corrected chi connectivity index (χ3v) is 2.87. The number of hydrogen-bond acceptors (Lipinski definition) is 8. The summed E-state index contributed by atoms with van der Waals surface area (Å²) in [5.41, 5.74) is 3.68. The predicted molar refractivity (Wildman–Crippen MR) is 82.4 cm³/mol. The first-order valence-corrected chi connectivity index (χ1v) is 6.85. The van der Waals surface area contributed by atoms with Gasteiger partial charge in [-0.15, -0.1) is 0 Å². The number of carbonyl (C=O) groups is 1. The van der Waals surface area contributed by atoms with Crippen LogP contribution in [-0.2, 0) is 17.8 Å². The number of nitro groups is 1. The molecule has 126 valence electrons. The highest BCUT2D eigenvalue weighted by Crippen LogP contribution is 2.11. The van der Waals surface area contributed by atoms with Crippen LogP contribution in [0.1, 0.15) is 12.5 Å². The van der Waals surface area contributed by atoms with Crippen LogP contribution in [0.5, 0.6) is 5.75 Å². The monoisotopic (exact) mass is 333 g/mol. The Bertz CT molecular complexity index is 754. The maximum absolute atomic E-state index is 11.8. The van der Waals surface area contributed by atoms with Gasteiger partial charge in [0.2, 0.25) is 5.91 Å². The van der Waals surface area contributed by atoms with E-state index < -0.39 is 10.9 Å². The molecule has 0 radical (unpaired) electrons. The first kappa shape index (κ1) is 17.0. The molecule has 0 atom stereocenters. The molecule has 1 heterocycles. The molecule has 1 amide bonds. The number of ether oxygens (including phenoxy) is 1. The Labute approximate surface area is 136 Å². The lowest BCUT2D eigenvalue weighted by Crippen LogP contribution is -2.22. The SMILES string of the molecule is COc1ccc(CC(=O)NN=C(C)Cn2nnc([N+](=O)[O-])n2)cc1. The van der Waals surface area contributed by atoms with Crippen molar-refractivity contribution in [3.63, 3.8) is 0 Å². The second-order valence-electron chi connectivity index (χ2n) is 4.78. The van der Waals surface area contributed by atoms with Crippen molar-refractivity contribution in [2.45, 2.75) is 19.9 Å². The van der Waals surface area contributed by atoms with Gasteiger partial charge in [0.15, 0.2) is 0 Å². The summed E-state index contributed by atoms with van der Waals surface area (Å²) in [5, 5.41) is 24.7. The minimum absolute atomic E-state index is 0.0731. The number of nitrogens with one attached hydrogen (secondary N) is 1. The Morgan fingerprint density at radius 2 is 2.12 bits per heavy atom. The highest BCUT2D eigenvalue weighted by atomic mass is 16.6. The number of hydrogen-bond donors (Lipinski definition) is 1. The van der Waals surface area contributed by atoms with Gasteiger partial charge >= 0.3 is 5.95 Å². The normalized spacial score (nSPS) is 11.2. The zero-order valence-electron chi connectivity index (χ0n) is 13.0. The maximum Gasteiger partial charge on any atom is 0.514 e. The van der Waals surface area contributed by atoms with Crippen LogP contribution >= 0.6 is 0 Å². The number of methoxy groups -OCH3 is 1. The van der Waals surface area contributed by atoms with Gasteiger partial charge in [-0.25, -0.2) is 5.43 Å². The predicted octanol–water partition coefficient (Wildman–Crippen LogP) is 0.325. The molecule has 0 aliphatic rings. The molecule has 2 rings (SSSR count). The van der Waals surface area contributed by atoms with E-state index >= 15 is 0 Å². The van der Waals surface area contributed by atoms with Crippen LogP contribution in [-0.4, -0.2) is 43.9 Å². The molecule has 0 saturated heterocycles. The average molecular weight is 333 g/mol. The fourth-order valence-electron chi connectivity index (χ4n) is 1.74. The topological polar surface area (TPSA) is 137 Å². The molecule has 0 aliphatic heterocycles. The summed E-state index contributed by atoms with van der Waals surface area (Å²) in [6, 6.07) is 7.10. The summed E-state index contributed by atoms with van der Waals surface area (Å²) in [7, 11) is 1.57. The first-order chi connectivity index (χ1) is 11.5. The lowest BCUT2D eigenvalue weighted by atomic mass is 10.1. The Kier molecular flexibility index (Phi) is 5.49. The van der Waals surface area contributed by atoms with Crippen LogP contribution in [0.15, 0.2) is 29.4 Å². The smallest absolute Gasteiger partial charge is 0.497 e. The molecule has 1 N–H and O–H groups in total. The van der Waals surface area contributed by atoms with E-state index in [1.54, 1.807) is 38.3 Å². The van der Waals surface area contributed by atoms with Crippen molar-refractivity contribution in [1.29, 1.82) is 0 Å². The van der Waals surface area contributed by atoms with Crippen LogP contribution in [0, 0.1) is 10.1 Å². The average Bonchev–Trinajstić information content (AvgIpc) is 3.02. The third kappa shape index (κ3) is 4.83. The molecule has 0 bridgehead atoms. The highest BCUT2D eigenvalue weighted by molar-refractivity contribution is 5.84. The van der Waals surface area contributed by atoms with Crippen LogP contribution in [0.3, 0.4) is 0 Å². The molecular formula is C13H15N7O4. The quantitative estimate of drug-likeness (QED) is 0.437. The zero-order chi connectivity index (χ0) is 17.5. The molecule has 2 aromatic rings. The minimum atomic E-state index is -0.743. The van der Waals surface area contributed by atoms with Gasteiger partial charge in [-0.1, -0.05) is 16.9 Å². The molecule has 0 unspecified atom stereocenters. The maximum atomic E-state index is 11.8. The Balaban J connectivity index is 1.86. The van der Waals surface area contributed by atoms with Gasteiger partial charge < -0.3 is 14.9 Å². The van der Waals surface area contributed by atoms with Crippen molar-refractivity contribution >= 4 is 17.6 Å². The molecule has 0 saturated carbocycles. The number of hydrazone groups is 1. The zero-order valence-corrected chi connectivity index (χ0v) is 13.0.